The molecule has 0 radical (unpaired) electrons. The lowest BCUT2D eigenvalue weighted by atomic mass is 10.2. The van der Waals surface area contributed by atoms with Gasteiger partial charge in [-0.1, -0.05) is 36.7 Å². The average molecular weight is 431 g/mol. The second-order valence-electron chi connectivity index (χ2n) is 6.83. The van der Waals surface area contributed by atoms with Crippen molar-refractivity contribution in [1.82, 2.24) is 19.7 Å². The standard InChI is InChI=1S/C21H20ClFN4O3/c1-3-13(2)24-19(28)18-20(29)26(12-14-6-4-8-16(23)10-14)21(30)27(25-18)17-9-5-7-15(22)11-17/h4-11,13H,3,12H2,1-2H3,(H,24,28)/t13-/m0/s1. The van der Waals surface area contributed by atoms with E-state index < -0.39 is 28.7 Å². The molecule has 2 aromatic carbocycles. The number of rotatable bonds is 6. The summed E-state index contributed by atoms with van der Waals surface area (Å²) in [5.41, 5.74) is -1.38. The number of carbonyl (C=O) groups is 1. The summed E-state index contributed by atoms with van der Waals surface area (Å²) >= 11 is 6.02. The highest BCUT2D eigenvalue weighted by Gasteiger charge is 2.21. The zero-order chi connectivity index (χ0) is 21.8. The monoisotopic (exact) mass is 430 g/mol. The van der Waals surface area contributed by atoms with E-state index in [1.165, 1.54) is 24.3 Å². The Hall–Kier alpha value is -3.26. The third-order valence-corrected chi connectivity index (χ3v) is 4.78. The van der Waals surface area contributed by atoms with Crippen molar-refractivity contribution >= 4 is 17.5 Å². The van der Waals surface area contributed by atoms with Crippen LogP contribution >= 0.6 is 11.6 Å². The zero-order valence-electron chi connectivity index (χ0n) is 16.4. The Morgan fingerprint density at radius 3 is 2.60 bits per heavy atom. The SMILES string of the molecule is CC[C@H](C)NC(=O)c1nn(-c2cccc(Cl)c2)c(=O)n(Cc2cccc(F)c2)c1=O. The molecule has 0 saturated heterocycles. The van der Waals surface area contributed by atoms with Crippen LogP contribution in [-0.4, -0.2) is 26.3 Å². The summed E-state index contributed by atoms with van der Waals surface area (Å²) in [7, 11) is 0. The minimum Gasteiger partial charge on any atom is -0.348 e. The number of benzene rings is 2. The molecule has 30 heavy (non-hydrogen) atoms. The van der Waals surface area contributed by atoms with Crippen LogP contribution in [0.25, 0.3) is 5.69 Å². The molecular weight excluding hydrogens is 411 g/mol. The van der Waals surface area contributed by atoms with Crippen molar-refractivity contribution in [3.05, 3.63) is 91.5 Å². The van der Waals surface area contributed by atoms with Crippen molar-refractivity contribution < 1.29 is 9.18 Å². The van der Waals surface area contributed by atoms with Gasteiger partial charge in [0, 0.05) is 11.1 Å². The van der Waals surface area contributed by atoms with Gasteiger partial charge >= 0.3 is 5.69 Å². The Morgan fingerprint density at radius 2 is 1.93 bits per heavy atom. The van der Waals surface area contributed by atoms with Crippen LogP contribution in [0.15, 0.2) is 58.1 Å². The van der Waals surface area contributed by atoms with Crippen LogP contribution in [0.2, 0.25) is 5.02 Å². The molecule has 156 valence electrons. The molecule has 1 amide bonds. The molecule has 0 fully saturated rings. The van der Waals surface area contributed by atoms with Gasteiger partial charge in [0.15, 0.2) is 0 Å². The summed E-state index contributed by atoms with van der Waals surface area (Å²) in [4.78, 5) is 38.7. The average Bonchev–Trinajstić information content (AvgIpc) is 2.71. The van der Waals surface area contributed by atoms with Gasteiger partial charge in [-0.2, -0.15) is 9.78 Å². The molecule has 1 N–H and O–H groups in total. The molecule has 0 aliphatic rings. The largest absolute Gasteiger partial charge is 0.352 e. The summed E-state index contributed by atoms with van der Waals surface area (Å²) in [6.07, 6.45) is 0.650. The van der Waals surface area contributed by atoms with Crippen molar-refractivity contribution in [2.24, 2.45) is 0 Å². The number of hydrogen-bond acceptors (Lipinski definition) is 4. The first-order valence-corrected chi connectivity index (χ1v) is 9.73. The van der Waals surface area contributed by atoms with E-state index in [1.54, 1.807) is 31.2 Å². The summed E-state index contributed by atoms with van der Waals surface area (Å²) in [5, 5.41) is 7.05. The maximum Gasteiger partial charge on any atom is 0.352 e. The highest BCUT2D eigenvalue weighted by Crippen LogP contribution is 2.12. The fourth-order valence-electron chi connectivity index (χ4n) is 2.78. The summed E-state index contributed by atoms with van der Waals surface area (Å²) in [5.74, 6) is -1.20. The molecule has 1 atom stereocenters. The minimum atomic E-state index is -0.858. The van der Waals surface area contributed by atoms with Crippen LogP contribution in [0, 0.1) is 5.82 Å². The molecule has 9 heteroatoms. The second kappa shape index (κ2) is 9.04. The van der Waals surface area contributed by atoms with Crippen LogP contribution in [0.4, 0.5) is 4.39 Å². The van der Waals surface area contributed by atoms with Gasteiger partial charge < -0.3 is 5.32 Å². The number of nitrogens with one attached hydrogen (secondary N) is 1. The molecule has 0 spiro atoms. The van der Waals surface area contributed by atoms with E-state index in [2.05, 4.69) is 10.4 Å². The minimum absolute atomic E-state index is 0.193. The van der Waals surface area contributed by atoms with E-state index in [-0.39, 0.29) is 18.3 Å². The Bertz CT molecular complexity index is 1210. The normalized spacial score (nSPS) is 11.9. The number of carbonyl (C=O) groups excluding carboxylic acids is 1. The van der Waals surface area contributed by atoms with Crippen molar-refractivity contribution in [3.63, 3.8) is 0 Å². The van der Waals surface area contributed by atoms with Gasteiger partial charge in [-0.3, -0.25) is 14.2 Å². The number of aromatic nitrogens is 3. The smallest absolute Gasteiger partial charge is 0.348 e. The van der Waals surface area contributed by atoms with Gasteiger partial charge in [-0.25, -0.2) is 9.18 Å². The molecule has 0 bridgehead atoms. The fourth-order valence-corrected chi connectivity index (χ4v) is 2.97. The Balaban J connectivity index is 2.20. The highest BCUT2D eigenvalue weighted by atomic mass is 35.5. The first-order valence-electron chi connectivity index (χ1n) is 9.35. The Morgan fingerprint density at radius 1 is 1.20 bits per heavy atom. The lowest BCUT2D eigenvalue weighted by Gasteiger charge is -2.14. The molecule has 0 unspecified atom stereocenters. The second-order valence-corrected chi connectivity index (χ2v) is 7.26. The summed E-state index contributed by atoms with van der Waals surface area (Å²) in [6.45, 7) is 3.45. The molecular formula is C21H20ClFN4O3. The number of amides is 1. The summed E-state index contributed by atoms with van der Waals surface area (Å²) in [6, 6.07) is 11.6. The lowest BCUT2D eigenvalue weighted by Crippen LogP contribution is -2.47. The van der Waals surface area contributed by atoms with E-state index in [9.17, 15) is 18.8 Å². The molecule has 0 aliphatic heterocycles. The van der Waals surface area contributed by atoms with Crippen LogP contribution in [0.3, 0.4) is 0 Å². The van der Waals surface area contributed by atoms with Gasteiger partial charge in [0.2, 0.25) is 5.69 Å². The van der Waals surface area contributed by atoms with E-state index in [0.29, 0.717) is 17.0 Å². The maximum absolute atomic E-state index is 13.6. The number of nitrogens with zero attached hydrogens (tertiary/aromatic N) is 3. The highest BCUT2D eigenvalue weighted by molar-refractivity contribution is 6.30. The third-order valence-electron chi connectivity index (χ3n) is 4.55. The molecule has 3 rings (SSSR count). The van der Waals surface area contributed by atoms with Gasteiger partial charge in [-0.15, -0.1) is 0 Å². The molecule has 0 aliphatic carbocycles. The molecule has 1 heterocycles. The number of hydrogen-bond donors (Lipinski definition) is 1. The first kappa shape index (κ1) is 21.4. The Labute approximate surface area is 176 Å². The Kier molecular flexibility index (Phi) is 6.47. The lowest BCUT2D eigenvalue weighted by molar-refractivity contribution is 0.0929. The fraction of sp³-hybridized carbons (Fsp3) is 0.238. The van der Waals surface area contributed by atoms with Crippen LogP contribution in [0.5, 0.6) is 0 Å². The van der Waals surface area contributed by atoms with Crippen LogP contribution < -0.4 is 16.6 Å². The van der Waals surface area contributed by atoms with Crippen LogP contribution in [0.1, 0.15) is 36.3 Å². The zero-order valence-corrected chi connectivity index (χ0v) is 17.2. The van der Waals surface area contributed by atoms with E-state index in [0.717, 1.165) is 9.25 Å². The van der Waals surface area contributed by atoms with E-state index >= 15 is 0 Å². The predicted molar refractivity (Wildman–Crippen MR) is 112 cm³/mol. The van der Waals surface area contributed by atoms with Crippen molar-refractivity contribution in [2.75, 3.05) is 0 Å². The van der Waals surface area contributed by atoms with E-state index in [4.69, 9.17) is 11.6 Å². The first-order chi connectivity index (χ1) is 14.3. The van der Waals surface area contributed by atoms with Gasteiger partial charge in [-0.05, 0) is 49.2 Å². The van der Waals surface area contributed by atoms with Gasteiger partial charge in [0.05, 0.1) is 12.2 Å². The van der Waals surface area contributed by atoms with Crippen molar-refractivity contribution in [1.29, 1.82) is 0 Å². The number of halogens is 2. The molecule has 0 saturated carbocycles. The van der Waals surface area contributed by atoms with Crippen molar-refractivity contribution in [3.8, 4) is 5.69 Å². The van der Waals surface area contributed by atoms with Gasteiger partial charge in [0.1, 0.15) is 5.82 Å². The third kappa shape index (κ3) is 4.65. The quantitative estimate of drug-likeness (QED) is 0.651. The molecule has 7 nitrogen and oxygen atoms in total. The van der Waals surface area contributed by atoms with Crippen molar-refractivity contribution in [2.45, 2.75) is 32.9 Å². The molecule has 3 aromatic rings. The summed E-state index contributed by atoms with van der Waals surface area (Å²) < 4.78 is 15.4. The van der Waals surface area contributed by atoms with Crippen LogP contribution in [-0.2, 0) is 6.54 Å². The van der Waals surface area contributed by atoms with E-state index in [1.807, 2.05) is 6.92 Å². The topological polar surface area (TPSA) is 86.0 Å². The predicted octanol–water partition coefficient (Wildman–Crippen LogP) is 2.76. The maximum atomic E-state index is 13.6. The molecule has 1 aromatic heterocycles. The van der Waals surface area contributed by atoms with Gasteiger partial charge in [0.25, 0.3) is 11.5 Å².